The molecule has 129 heavy (non-hydrogen) atoms. The molecule has 10 fully saturated rings. The second kappa shape index (κ2) is 28.4. The maximum absolute atomic E-state index is 10.7. The third-order valence-electron chi connectivity index (χ3n) is 31.0. The van der Waals surface area contributed by atoms with Gasteiger partial charge in [0.15, 0.2) is 0 Å². The highest BCUT2D eigenvalue weighted by Gasteiger charge is 2.65. The topological polar surface area (TPSA) is 37.4 Å². The molecule has 6 nitrogen and oxygen atoms in total. The lowest BCUT2D eigenvalue weighted by molar-refractivity contribution is -0.152. The van der Waals surface area contributed by atoms with E-state index in [0.717, 1.165) is 135 Å². The van der Waals surface area contributed by atoms with Gasteiger partial charge in [-0.15, -0.1) is 0 Å². The van der Waals surface area contributed by atoms with Crippen molar-refractivity contribution in [3.05, 3.63) is 311 Å². The molecule has 13 aromatic rings. The van der Waals surface area contributed by atoms with E-state index in [0.29, 0.717) is 62.7 Å². The van der Waals surface area contributed by atoms with Gasteiger partial charge < -0.3 is 28.9 Å². The van der Waals surface area contributed by atoms with Crippen LogP contribution in [0.4, 0.5) is 51.2 Å². The average Bonchev–Trinajstić information content (AvgIpc) is 0.672. The van der Waals surface area contributed by atoms with E-state index in [9.17, 15) is 16.4 Å². The zero-order chi connectivity index (χ0) is 119. The van der Waals surface area contributed by atoms with Crippen molar-refractivity contribution in [2.75, 3.05) is 14.7 Å². The van der Waals surface area contributed by atoms with Crippen LogP contribution in [-0.4, -0.2) is 20.1 Å². The number of benzene rings is 13. The standard InChI is InChI=1S/C49H60BNO.C36H36BNO.C35H26BNO/c1-43(2,3)31-17-18-36-38(22-31)51(35-20-32(44(4,5)6)19-33(21-35)45(7,8)9)39-23-34(24-41-42(39)50(36)37-15-13-14-16-40(37)52-41)49-28-46(10)25-47(11,29-49)27-48(12,26-46)30-49;1-35(2,3)25-13-14-32-29(21-25)37-28-11-7-8-12-30(28)38(27-9-5-4-6-10-27)31-22-26(23-33(39-32)34(31)37)36-18-15-24(16-19-36)17-20-36;1-3-9-24(10-4-1)25-15-16-32-29(17-25)36-28-13-7-8-14-30(28)37(27-11-5-2-6-12-27)31-18-26(19-33(38-32)34(31)36)35-20-23(21-35)22-35/h13-24H,25-30H2,1-12H3;4-14,21-24H,15-20H2,1-3H3;1-19,23H,20-22H2/i13D,14D,15D,16D,23D,24D;4D,5D,6D,7D,8D,9D,10D,11D,12D,13D,14D,21D;1D,2D,3D,4D,5D,6D,7D,8D,9D,10D,11D,12D,13D,14D,15D,16D,17D. The monoisotopic (exact) mass is 1720 g/mol. The van der Waals surface area contributed by atoms with Crippen LogP contribution in [0.1, 0.15) is 287 Å². The van der Waals surface area contributed by atoms with Gasteiger partial charge in [0.05, 0.1) is 48.0 Å². The summed E-state index contributed by atoms with van der Waals surface area (Å²) < 4.78 is 334. The van der Waals surface area contributed by atoms with E-state index in [4.69, 9.17) is 45.7 Å². The number of hydrogen-bond donors (Lipinski definition) is 0. The minimum Gasteiger partial charge on any atom is -0.458 e. The number of para-hydroxylation sites is 5. The highest BCUT2D eigenvalue weighted by atomic mass is 16.5. The molecule has 0 N–H and O–H groups in total. The molecule has 6 aliphatic heterocycles. The van der Waals surface area contributed by atoms with Gasteiger partial charge in [0.2, 0.25) is 0 Å². The molecule has 0 atom stereocenters. The first-order valence-corrected chi connectivity index (χ1v) is 45.9. The van der Waals surface area contributed by atoms with Crippen molar-refractivity contribution in [1.29, 1.82) is 0 Å². The predicted molar refractivity (Wildman–Crippen MR) is 543 cm³/mol. The Labute approximate surface area is 817 Å². The Morgan fingerprint density at radius 3 is 1.26 bits per heavy atom. The van der Waals surface area contributed by atoms with Crippen molar-refractivity contribution < 1.29 is 62.2 Å². The highest BCUT2D eigenvalue weighted by Crippen LogP contribution is 2.74. The normalized spacial score (nSPS) is 28.5. The molecule has 6 heterocycles. The molecular formula is C120H122B3N3O3. The summed E-state index contributed by atoms with van der Waals surface area (Å²) in [5.74, 6) is 1.71. The number of fused-ring (bicyclic) bond motifs is 15. The van der Waals surface area contributed by atoms with Crippen LogP contribution in [0.15, 0.2) is 272 Å². The molecule has 8 bridgehead atoms. The predicted octanol–water partition coefficient (Wildman–Crippen LogP) is 26.0. The molecule has 644 valence electrons. The summed E-state index contributed by atoms with van der Waals surface area (Å²) >= 11 is 0. The van der Waals surface area contributed by atoms with Crippen LogP contribution in [0, 0.1) is 28.1 Å². The summed E-state index contributed by atoms with van der Waals surface area (Å²) in [6.45, 7) is 29.9. The lowest BCUT2D eigenvalue weighted by Gasteiger charge is -2.69. The van der Waals surface area contributed by atoms with Crippen LogP contribution < -0.4 is 78.1 Å². The number of nitrogens with zero attached hydrogens (tertiary/aromatic N) is 3. The largest absolute Gasteiger partial charge is 0.458 e. The van der Waals surface area contributed by atoms with Crippen molar-refractivity contribution in [1.82, 2.24) is 0 Å². The average molecular weight is 1720 g/mol. The third kappa shape index (κ3) is 13.0. The van der Waals surface area contributed by atoms with Gasteiger partial charge in [-0.1, -0.05) is 267 Å². The molecule has 0 amide bonds. The first-order chi connectivity index (χ1) is 76.3. The van der Waals surface area contributed by atoms with E-state index in [1.54, 1.807) is 12.1 Å². The fraction of sp³-hybridized carbons (Fsp3) is 0.350. The number of hydrogen-bond acceptors (Lipinski definition) is 6. The maximum atomic E-state index is 10.7. The molecule has 0 unspecified atom stereocenters. The van der Waals surface area contributed by atoms with Crippen LogP contribution in [-0.2, 0) is 37.9 Å². The Balaban J connectivity index is 0.000000128. The van der Waals surface area contributed by atoms with Crippen LogP contribution in [0.3, 0.4) is 0 Å². The summed E-state index contributed by atoms with van der Waals surface area (Å²) in [6, 6.07) is 3.83. The number of rotatable bonds is 7. The second-order valence-electron chi connectivity index (χ2n) is 44.7. The van der Waals surface area contributed by atoms with Crippen molar-refractivity contribution >= 4 is 120 Å². The molecule has 0 aromatic heterocycles. The van der Waals surface area contributed by atoms with E-state index < -0.39 is 199 Å². The second-order valence-corrected chi connectivity index (χ2v) is 44.7. The van der Waals surface area contributed by atoms with E-state index in [2.05, 4.69) is 124 Å². The van der Waals surface area contributed by atoms with E-state index >= 15 is 0 Å². The van der Waals surface area contributed by atoms with Gasteiger partial charge in [-0.05, 0) is 370 Å². The van der Waals surface area contributed by atoms with Crippen LogP contribution in [0.5, 0.6) is 34.5 Å². The fourth-order valence-electron chi connectivity index (χ4n) is 26.1. The van der Waals surface area contributed by atoms with Crippen molar-refractivity contribution in [3.63, 3.8) is 0 Å². The SMILES string of the molecule is [2H]c1c([2H])c([2H])c(-c2c([2H])c([2H])c3c(c2[2H])B2c4c(cc(C56CC(C5)C6)cc4N(c4c([2H])c([2H])c([2H])c([2H])c4[2H])c4c([2H])c([2H])c([2H])c([2H])c42)O3)c([2H])c1[2H].[2H]c1c([2H])c([2H])c(N2c3cc(C45CCC(CC4)CC5)cc4c3B(c3c([2H])c(C(C)(C)C)c([2H])c([2H])c3O4)c3c([2H])c([2H])c([2H])c([2H])c32)c([2H])c1[2H].[2H]c1c([2H])c([2H])c2c(c1[2H])Oc1c([2H])c(C34CC5(C)CC(C)(CC(C)(C5)C3)C4)c([2H])c3c1B2c1ccc(C(C)(C)C)cc1N3c1cc(C(C)(C)C)cc(C(C)(C)C)c1. The van der Waals surface area contributed by atoms with Crippen molar-refractivity contribution in [2.24, 2.45) is 28.1 Å². The number of ether oxygens (including phenoxy) is 3. The molecule has 10 aliphatic carbocycles. The quantitative estimate of drug-likeness (QED) is 0.148. The van der Waals surface area contributed by atoms with Gasteiger partial charge in [0.25, 0.3) is 20.1 Å². The van der Waals surface area contributed by atoms with Gasteiger partial charge >= 0.3 is 0 Å². The van der Waals surface area contributed by atoms with Crippen LogP contribution in [0.25, 0.3) is 11.1 Å². The van der Waals surface area contributed by atoms with E-state index in [1.807, 2.05) is 32.9 Å². The minimum atomic E-state index is -1.35. The maximum Gasteiger partial charge on any atom is 0.256 e. The first kappa shape index (κ1) is 52.0. The van der Waals surface area contributed by atoms with Crippen LogP contribution >= 0.6 is 0 Å². The Morgan fingerprint density at radius 2 is 0.736 bits per heavy atom. The molecule has 0 spiro atoms. The zero-order valence-electron chi connectivity index (χ0n) is 111. The van der Waals surface area contributed by atoms with Gasteiger partial charge in [-0.2, -0.15) is 0 Å². The van der Waals surface area contributed by atoms with Gasteiger partial charge in [-0.3, -0.25) is 0 Å². The molecule has 29 rings (SSSR count). The molecule has 9 heteroatoms. The first-order valence-electron chi connectivity index (χ1n) is 63.4. The smallest absolute Gasteiger partial charge is 0.256 e. The number of anilines is 9. The molecular weight excluding hydrogens is 1560 g/mol. The van der Waals surface area contributed by atoms with E-state index in [-0.39, 0.29) is 170 Å². The summed E-state index contributed by atoms with van der Waals surface area (Å²) in [6.07, 6.45) is 14.7. The minimum absolute atomic E-state index is 0.0157. The molecule has 13 aromatic carbocycles. The Kier molecular flexibility index (Phi) is 11.5. The van der Waals surface area contributed by atoms with Gasteiger partial charge in [-0.25, -0.2) is 0 Å². The van der Waals surface area contributed by atoms with Gasteiger partial charge in [0.1, 0.15) is 34.5 Å². The van der Waals surface area contributed by atoms with E-state index in [1.165, 1.54) is 20.9 Å². The lowest BCUT2D eigenvalue weighted by atomic mass is 9.33. The Morgan fingerprint density at radius 1 is 0.295 bits per heavy atom. The van der Waals surface area contributed by atoms with Crippen molar-refractivity contribution in [2.45, 2.75) is 238 Å². The van der Waals surface area contributed by atoms with Crippen molar-refractivity contribution in [3.8, 4) is 45.6 Å². The summed E-state index contributed by atoms with van der Waals surface area (Å²) in [5.41, 5.74) is 7.77. The van der Waals surface area contributed by atoms with Crippen LogP contribution in [0.2, 0.25) is 0 Å². The Hall–Kier alpha value is -11.1. The lowest BCUT2D eigenvalue weighted by Crippen LogP contribution is -2.61. The highest BCUT2D eigenvalue weighted by molar-refractivity contribution is 7.01. The molecule has 0 radical (unpaired) electrons. The summed E-state index contributed by atoms with van der Waals surface area (Å²) in [4.78, 5) is 4.91. The molecule has 0 saturated heterocycles. The fourth-order valence-corrected chi connectivity index (χ4v) is 26.1. The van der Waals surface area contributed by atoms with Gasteiger partial charge in [0, 0.05) is 51.2 Å². The Bertz CT molecular complexity index is 8830. The zero-order valence-corrected chi connectivity index (χ0v) is 75.8. The molecule has 10 saturated carbocycles. The summed E-state index contributed by atoms with van der Waals surface area (Å²) in [7, 11) is 0. The molecule has 16 aliphatic rings. The summed E-state index contributed by atoms with van der Waals surface area (Å²) in [5, 5.41) is 0. The third-order valence-corrected chi connectivity index (χ3v) is 31.0.